The minimum atomic E-state index is -1.00. The highest BCUT2D eigenvalue weighted by Crippen LogP contribution is 2.36. The quantitative estimate of drug-likeness (QED) is 0.735. The second kappa shape index (κ2) is 5.06. The van der Waals surface area contributed by atoms with Crippen LogP contribution in [0.25, 0.3) is 22.6 Å². The van der Waals surface area contributed by atoms with Crippen molar-refractivity contribution in [1.82, 2.24) is 4.98 Å². The Morgan fingerprint density at radius 3 is 2.48 bits per heavy atom. The molecule has 0 amide bonds. The largest absolute Gasteiger partial charge is 0.478 e. The van der Waals surface area contributed by atoms with E-state index in [1.54, 1.807) is 31.2 Å². The number of halogens is 2. The van der Waals surface area contributed by atoms with Crippen LogP contribution in [-0.4, -0.2) is 16.1 Å². The minimum Gasteiger partial charge on any atom is -0.478 e. The number of rotatable bonds is 2. The van der Waals surface area contributed by atoms with Gasteiger partial charge in [-0.3, -0.25) is 0 Å². The molecule has 0 bridgehead atoms. The number of hydrogen-bond donors (Lipinski definition) is 1. The maximum absolute atomic E-state index is 11.1. The summed E-state index contributed by atoms with van der Waals surface area (Å²) in [6.45, 7) is 1.69. The van der Waals surface area contributed by atoms with Crippen LogP contribution in [0.3, 0.4) is 0 Å². The number of aromatic nitrogens is 1. The third kappa shape index (κ3) is 2.26. The smallest absolute Gasteiger partial charge is 0.336 e. The van der Waals surface area contributed by atoms with Crippen LogP contribution in [0.5, 0.6) is 0 Å². The lowest BCUT2D eigenvalue weighted by molar-refractivity contribution is 0.0696. The topological polar surface area (TPSA) is 63.3 Å². The lowest BCUT2D eigenvalue weighted by atomic mass is 10.1. The van der Waals surface area contributed by atoms with E-state index >= 15 is 0 Å². The minimum absolute atomic E-state index is 0.188. The van der Waals surface area contributed by atoms with E-state index in [1.807, 2.05) is 0 Å². The average molecular weight is 322 g/mol. The van der Waals surface area contributed by atoms with Crippen LogP contribution < -0.4 is 0 Å². The summed E-state index contributed by atoms with van der Waals surface area (Å²) in [4.78, 5) is 15.5. The van der Waals surface area contributed by atoms with Crippen molar-refractivity contribution in [1.29, 1.82) is 0 Å². The number of hydrogen-bond acceptors (Lipinski definition) is 3. The first-order chi connectivity index (χ1) is 9.99. The summed E-state index contributed by atoms with van der Waals surface area (Å²) in [5.41, 5.74) is 2.20. The first-order valence-corrected chi connectivity index (χ1v) is 6.82. The molecule has 3 rings (SSSR count). The highest BCUT2D eigenvalue weighted by atomic mass is 35.5. The Labute approximate surface area is 129 Å². The molecule has 106 valence electrons. The van der Waals surface area contributed by atoms with Crippen LogP contribution in [0.2, 0.25) is 10.0 Å². The molecule has 21 heavy (non-hydrogen) atoms. The predicted octanol–water partition coefficient (Wildman–Crippen LogP) is 4.81. The van der Waals surface area contributed by atoms with E-state index in [2.05, 4.69) is 4.98 Å². The van der Waals surface area contributed by atoms with Crippen LogP contribution in [-0.2, 0) is 0 Å². The third-order valence-corrected chi connectivity index (χ3v) is 3.85. The fourth-order valence-electron chi connectivity index (χ4n) is 2.17. The van der Waals surface area contributed by atoms with E-state index in [0.29, 0.717) is 32.3 Å². The normalized spacial score (nSPS) is 11.0. The Morgan fingerprint density at radius 2 is 1.86 bits per heavy atom. The number of fused-ring (bicyclic) bond motifs is 1. The van der Waals surface area contributed by atoms with Gasteiger partial charge in [-0.15, -0.1) is 0 Å². The van der Waals surface area contributed by atoms with Crippen molar-refractivity contribution in [3.63, 3.8) is 0 Å². The zero-order valence-electron chi connectivity index (χ0n) is 10.9. The lowest BCUT2D eigenvalue weighted by Crippen LogP contribution is -1.99. The molecule has 0 unspecified atom stereocenters. The zero-order chi connectivity index (χ0) is 15.1. The molecule has 0 radical (unpaired) electrons. The molecule has 0 aliphatic heterocycles. The summed E-state index contributed by atoms with van der Waals surface area (Å²) in [7, 11) is 0. The van der Waals surface area contributed by atoms with Crippen LogP contribution in [0, 0.1) is 6.92 Å². The molecule has 3 aromatic rings. The predicted molar refractivity (Wildman–Crippen MR) is 81.2 cm³/mol. The van der Waals surface area contributed by atoms with Gasteiger partial charge in [-0.05, 0) is 36.8 Å². The van der Waals surface area contributed by atoms with Crippen LogP contribution in [0.1, 0.15) is 15.9 Å². The van der Waals surface area contributed by atoms with Crippen molar-refractivity contribution >= 4 is 40.3 Å². The maximum atomic E-state index is 11.1. The van der Waals surface area contributed by atoms with Gasteiger partial charge in [0.15, 0.2) is 5.58 Å². The van der Waals surface area contributed by atoms with E-state index in [1.165, 1.54) is 6.07 Å². The number of carbonyl (C=O) groups is 1. The molecule has 0 aliphatic rings. The van der Waals surface area contributed by atoms with Crippen molar-refractivity contribution in [3.8, 4) is 11.5 Å². The molecule has 0 aliphatic carbocycles. The number of oxazole rings is 1. The van der Waals surface area contributed by atoms with Crippen molar-refractivity contribution in [3.05, 3.63) is 51.5 Å². The zero-order valence-corrected chi connectivity index (χ0v) is 12.4. The lowest BCUT2D eigenvalue weighted by Gasteiger charge is -2.01. The summed E-state index contributed by atoms with van der Waals surface area (Å²) in [6, 6.07) is 8.17. The Hall–Kier alpha value is -2.04. The second-order valence-electron chi connectivity index (χ2n) is 4.51. The fourth-order valence-corrected chi connectivity index (χ4v) is 2.73. The first kappa shape index (κ1) is 13.9. The highest BCUT2D eigenvalue weighted by Gasteiger charge is 2.18. The van der Waals surface area contributed by atoms with Gasteiger partial charge in [0.05, 0.1) is 21.2 Å². The van der Waals surface area contributed by atoms with Gasteiger partial charge in [0.25, 0.3) is 0 Å². The molecule has 4 nitrogen and oxygen atoms in total. The standard InChI is InChI=1S/C15H9Cl2NO3/c1-7-8(15(19)20)5-6-11-13(7)18-14(21-11)12-9(16)3-2-4-10(12)17/h2-6H,1H3,(H,19,20). The maximum Gasteiger partial charge on any atom is 0.336 e. The monoisotopic (exact) mass is 321 g/mol. The summed E-state index contributed by atoms with van der Waals surface area (Å²) < 4.78 is 5.66. The Bertz CT molecular complexity index is 850. The fraction of sp³-hybridized carbons (Fsp3) is 0.0667. The molecule has 0 saturated carbocycles. The second-order valence-corrected chi connectivity index (χ2v) is 5.32. The van der Waals surface area contributed by atoms with Crippen LogP contribution in [0.15, 0.2) is 34.7 Å². The molecular formula is C15H9Cl2NO3. The molecule has 0 atom stereocenters. The Kier molecular flexibility index (Phi) is 3.35. The van der Waals surface area contributed by atoms with Gasteiger partial charge < -0.3 is 9.52 Å². The number of carboxylic acid groups (broad SMARTS) is 1. The molecule has 0 fully saturated rings. The number of nitrogens with zero attached hydrogens (tertiary/aromatic N) is 1. The number of aryl methyl sites for hydroxylation is 1. The molecule has 1 N–H and O–H groups in total. The van der Waals surface area contributed by atoms with Crippen LogP contribution in [0.4, 0.5) is 0 Å². The van der Waals surface area contributed by atoms with Gasteiger partial charge in [-0.2, -0.15) is 0 Å². The molecular weight excluding hydrogens is 313 g/mol. The van der Waals surface area contributed by atoms with E-state index < -0.39 is 5.97 Å². The van der Waals surface area contributed by atoms with Crippen LogP contribution >= 0.6 is 23.2 Å². The Morgan fingerprint density at radius 1 is 1.19 bits per heavy atom. The Balaban J connectivity index is 2.27. The summed E-state index contributed by atoms with van der Waals surface area (Å²) >= 11 is 12.3. The number of carboxylic acids is 1. The van der Waals surface area contributed by atoms with Gasteiger partial charge in [0.2, 0.25) is 5.89 Å². The summed E-state index contributed by atoms with van der Waals surface area (Å²) in [6.07, 6.45) is 0. The summed E-state index contributed by atoms with van der Waals surface area (Å²) in [5, 5.41) is 9.98. The van der Waals surface area contributed by atoms with Gasteiger partial charge in [-0.25, -0.2) is 9.78 Å². The van der Waals surface area contributed by atoms with Gasteiger partial charge in [0, 0.05) is 0 Å². The molecule has 1 heterocycles. The molecule has 2 aromatic carbocycles. The van der Waals surface area contributed by atoms with E-state index in [0.717, 1.165) is 0 Å². The number of benzene rings is 2. The van der Waals surface area contributed by atoms with Crippen molar-refractivity contribution < 1.29 is 14.3 Å². The van der Waals surface area contributed by atoms with E-state index in [9.17, 15) is 4.79 Å². The molecule has 6 heteroatoms. The average Bonchev–Trinajstić information content (AvgIpc) is 2.83. The highest BCUT2D eigenvalue weighted by molar-refractivity contribution is 6.38. The number of aromatic carboxylic acids is 1. The first-order valence-electron chi connectivity index (χ1n) is 6.07. The molecule has 1 aromatic heterocycles. The van der Waals surface area contributed by atoms with E-state index in [4.69, 9.17) is 32.7 Å². The van der Waals surface area contributed by atoms with E-state index in [-0.39, 0.29) is 11.5 Å². The third-order valence-electron chi connectivity index (χ3n) is 3.22. The summed E-state index contributed by atoms with van der Waals surface area (Å²) in [5.74, 6) is -0.735. The van der Waals surface area contributed by atoms with Gasteiger partial charge in [0.1, 0.15) is 5.52 Å². The molecule has 0 saturated heterocycles. The molecule has 0 spiro atoms. The van der Waals surface area contributed by atoms with Gasteiger partial charge in [-0.1, -0.05) is 29.3 Å². The van der Waals surface area contributed by atoms with Gasteiger partial charge >= 0.3 is 5.97 Å². The van der Waals surface area contributed by atoms with Crippen molar-refractivity contribution in [2.24, 2.45) is 0 Å². The van der Waals surface area contributed by atoms with Crippen molar-refractivity contribution in [2.75, 3.05) is 0 Å². The SMILES string of the molecule is Cc1c(C(=O)O)ccc2oc(-c3c(Cl)cccc3Cl)nc12. The van der Waals surface area contributed by atoms with Crippen molar-refractivity contribution in [2.45, 2.75) is 6.92 Å².